The van der Waals surface area contributed by atoms with E-state index in [0.29, 0.717) is 6.54 Å². The highest BCUT2D eigenvalue weighted by molar-refractivity contribution is 14.1. The molecule has 0 bridgehead atoms. The topological polar surface area (TPSA) is 30.5 Å². The zero-order valence-electron chi connectivity index (χ0n) is 11.3. The molecule has 0 aliphatic rings. The second kappa shape index (κ2) is 7.44. The summed E-state index contributed by atoms with van der Waals surface area (Å²) < 4.78 is 35.3. The maximum Gasteiger partial charge on any atom is 0.387 e. The third-order valence-corrected chi connectivity index (χ3v) is 3.50. The average molecular weight is 405 g/mol. The van der Waals surface area contributed by atoms with Gasteiger partial charge in [0.15, 0.2) is 11.5 Å². The van der Waals surface area contributed by atoms with Crippen LogP contribution in [-0.4, -0.2) is 13.7 Å². The largest absolute Gasteiger partial charge is 0.493 e. The van der Waals surface area contributed by atoms with Gasteiger partial charge in [-0.05, 0) is 64.6 Å². The number of hydrogen-bond donors (Lipinski definition) is 1. The molecule has 2 rings (SSSR count). The van der Waals surface area contributed by atoms with Gasteiger partial charge in [0.1, 0.15) is 0 Å². The van der Waals surface area contributed by atoms with Crippen molar-refractivity contribution in [2.24, 2.45) is 0 Å². The zero-order chi connectivity index (χ0) is 15.2. The summed E-state index contributed by atoms with van der Waals surface area (Å²) in [7, 11) is 1.41. The first-order valence-electron chi connectivity index (χ1n) is 6.19. The van der Waals surface area contributed by atoms with Crippen LogP contribution in [0.1, 0.15) is 5.56 Å². The minimum Gasteiger partial charge on any atom is -0.493 e. The molecule has 0 aliphatic heterocycles. The van der Waals surface area contributed by atoms with Gasteiger partial charge in [0, 0.05) is 15.8 Å². The minimum atomic E-state index is -2.88. The lowest BCUT2D eigenvalue weighted by Gasteiger charge is -2.12. The second-order valence-corrected chi connectivity index (χ2v) is 5.47. The molecule has 0 spiro atoms. The predicted molar refractivity (Wildman–Crippen MR) is 86.1 cm³/mol. The van der Waals surface area contributed by atoms with Crippen molar-refractivity contribution in [3.05, 3.63) is 51.6 Å². The van der Waals surface area contributed by atoms with Crippen molar-refractivity contribution in [2.75, 3.05) is 12.4 Å². The van der Waals surface area contributed by atoms with Gasteiger partial charge in [0.25, 0.3) is 0 Å². The smallest absolute Gasteiger partial charge is 0.387 e. The van der Waals surface area contributed by atoms with Crippen molar-refractivity contribution in [1.29, 1.82) is 0 Å². The third-order valence-electron chi connectivity index (χ3n) is 2.78. The van der Waals surface area contributed by atoms with Crippen molar-refractivity contribution in [2.45, 2.75) is 13.2 Å². The lowest BCUT2D eigenvalue weighted by atomic mass is 10.2. The average Bonchev–Trinajstić information content (AvgIpc) is 2.46. The summed E-state index contributed by atoms with van der Waals surface area (Å²) in [5, 5.41) is 3.22. The Balaban J connectivity index is 2.07. The van der Waals surface area contributed by atoms with Crippen LogP contribution in [0.2, 0.25) is 0 Å². The monoisotopic (exact) mass is 405 g/mol. The molecule has 1 N–H and O–H groups in total. The van der Waals surface area contributed by atoms with E-state index in [1.165, 1.54) is 7.11 Å². The molecule has 0 saturated heterocycles. The Bertz CT molecular complexity index is 591. The van der Waals surface area contributed by atoms with Crippen LogP contribution in [0.4, 0.5) is 14.5 Å². The summed E-state index contributed by atoms with van der Waals surface area (Å²) in [5.74, 6) is 0.322. The first-order valence-corrected chi connectivity index (χ1v) is 7.27. The first kappa shape index (κ1) is 15.8. The van der Waals surface area contributed by atoms with Gasteiger partial charge in [0.2, 0.25) is 0 Å². The number of ether oxygens (including phenoxy) is 2. The van der Waals surface area contributed by atoms with Crippen LogP contribution in [-0.2, 0) is 6.54 Å². The minimum absolute atomic E-state index is 0.0365. The number of nitrogens with one attached hydrogen (secondary N) is 1. The molecule has 0 amide bonds. The fourth-order valence-electron chi connectivity index (χ4n) is 1.79. The molecule has 112 valence electrons. The van der Waals surface area contributed by atoms with Crippen LogP contribution >= 0.6 is 22.6 Å². The van der Waals surface area contributed by atoms with Gasteiger partial charge in [-0.2, -0.15) is 8.78 Å². The third kappa shape index (κ3) is 4.73. The second-order valence-electron chi connectivity index (χ2n) is 4.22. The molecule has 2 aromatic rings. The van der Waals surface area contributed by atoms with Crippen molar-refractivity contribution in [1.82, 2.24) is 0 Å². The molecular weight excluding hydrogens is 391 g/mol. The number of halogens is 3. The fourth-order valence-corrected chi connectivity index (χ4v) is 2.15. The summed E-state index contributed by atoms with van der Waals surface area (Å²) in [6, 6.07) is 12.9. The van der Waals surface area contributed by atoms with Gasteiger partial charge >= 0.3 is 6.61 Å². The van der Waals surface area contributed by atoms with Crippen molar-refractivity contribution >= 4 is 28.3 Å². The predicted octanol–water partition coefficient (Wildman–Crippen LogP) is 4.51. The number of rotatable bonds is 6. The number of hydrogen-bond acceptors (Lipinski definition) is 3. The molecule has 0 radical (unpaired) electrons. The molecule has 0 aliphatic carbocycles. The normalized spacial score (nSPS) is 10.5. The Labute approximate surface area is 135 Å². The van der Waals surface area contributed by atoms with Gasteiger partial charge in [-0.15, -0.1) is 0 Å². The lowest BCUT2D eigenvalue weighted by molar-refractivity contribution is -0.0512. The Morgan fingerprint density at radius 1 is 1.10 bits per heavy atom. The maximum absolute atomic E-state index is 12.4. The lowest BCUT2D eigenvalue weighted by Crippen LogP contribution is -2.05. The highest BCUT2D eigenvalue weighted by Crippen LogP contribution is 2.29. The van der Waals surface area contributed by atoms with E-state index in [-0.39, 0.29) is 11.5 Å². The molecule has 2 aromatic carbocycles. The molecule has 21 heavy (non-hydrogen) atoms. The summed E-state index contributed by atoms with van der Waals surface area (Å²) in [6.07, 6.45) is 0. The van der Waals surface area contributed by atoms with Gasteiger partial charge in [-0.1, -0.05) is 6.07 Å². The van der Waals surface area contributed by atoms with Crippen LogP contribution in [0.15, 0.2) is 42.5 Å². The number of alkyl halides is 2. The van der Waals surface area contributed by atoms with Gasteiger partial charge < -0.3 is 14.8 Å². The Kier molecular flexibility index (Phi) is 5.60. The van der Waals surface area contributed by atoms with Crippen LogP contribution in [0.5, 0.6) is 11.5 Å². The van der Waals surface area contributed by atoms with Crippen molar-refractivity contribution in [3.8, 4) is 11.5 Å². The van der Waals surface area contributed by atoms with Crippen LogP contribution in [0.3, 0.4) is 0 Å². The van der Waals surface area contributed by atoms with E-state index >= 15 is 0 Å². The fraction of sp³-hybridized carbons (Fsp3) is 0.200. The summed E-state index contributed by atoms with van der Waals surface area (Å²) in [6.45, 7) is -2.37. The number of benzene rings is 2. The zero-order valence-corrected chi connectivity index (χ0v) is 13.4. The molecule has 0 heterocycles. The van der Waals surface area contributed by atoms with E-state index in [4.69, 9.17) is 4.74 Å². The summed E-state index contributed by atoms with van der Waals surface area (Å²) in [5.41, 5.74) is 1.78. The summed E-state index contributed by atoms with van der Waals surface area (Å²) in [4.78, 5) is 0. The van der Waals surface area contributed by atoms with Crippen LogP contribution < -0.4 is 14.8 Å². The van der Waals surface area contributed by atoms with Crippen molar-refractivity contribution < 1.29 is 18.3 Å². The van der Waals surface area contributed by atoms with E-state index in [1.807, 2.05) is 24.3 Å². The summed E-state index contributed by atoms with van der Waals surface area (Å²) >= 11 is 2.23. The number of anilines is 1. The van der Waals surface area contributed by atoms with E-state index in [9.17, 15) is 8.78 Å². The molecular formula is C15H14F2INO2. The Morgan fingerprint density at radius 3 is 2.43 bits per heavy atom. The molecule has 3 nitrogen and oxygen atoms in total. The maximum atomic E-state index is 12.4. The molecule has 0 atom stereocenters. The standard InChI is InChI=1S/C15H14F2INO2/c1-20-13-7-2-10(8-14(13)21-15(16)17)9-19-12-5-3-11(18)4-6-12/h2-8,15,19H,9H2,1H3. The molecule has 0 fully saturated rings. The highest BCUT2D eigenvalue weighted by atomic mass is 127. The Hall–Kier alpha value is -1.57. The van der Waals surface area contributed by atoms with Crippen molar-refractivity contribution in [3.63, 3.8) is 0 Å². The van der Waals surface area contributed by atoms with E-state index in [0.717, 1.165) is 14.8 Å². The van der Waals surface area contributed by atoms with Gasteiger partial charge in [-0.25, -0.2) is 0 Å². The molecule has 0 saturated carbocycles. The highest BCUT2D eigenvalue weighted by Gasteiger charge is 2.11. The van der Waals surface area contributed by atoms with E-state index in [2.05, 4.69) is 32.6 Å². The van der Waals surface area contributed by atoms with Gasteiger partial charge in [0.05, 0.1) is 7.11 Å². The molecule has 0 aromatic heterocycles. The van der Waals surface area contributed by atoms with Gasteiger partial charge in [-0.3, -0.25) is 0 Å². The first-order chi connectivity index (χ1) is 10.1. The quantitative estimate of drug-likeness (QED) is 0.718. The molecule has 0 unspecified atom stereocenters. The Morgan fingerprint density at radius 2 is 1.81 bits per heavy atom. The van der Waals surface area contributed by atoms with Crippen LogP contribution in [0.25, 0.3) is 0 Å². The number of methoxy groups -OCH3 is 1. The molecule has 6 heteroatoms. The van der Waals surface area contributed by atoms with Crippen LogP contribution in [0, 0.1) is 3.57 Å². The SMILES string of the molecule is COc1ccc(CNc2ccc(I)cc2)cc1OC(F)F. The van der Waals surface area contributed by atoms with E-state index < -0.39 is 6.61 Å². The van der Waals surface area contributed by atoms with E-state index in [1.54, 1.807) is 18.2 Å².